The maximum Gasteiger partial charge on any atom is 0.264 e. The van der Waals surface area contributed by atoms with Crippen molar-refractivity contribution in [2.75, 3.05) is 33.7 Å². The van der Waals surface area contributed by atoms with Gasteiger partial charge in [-0.25, -0.2) is 0 Å². The molecule has 2 rings (SSSR count). The van der Waals surface area contributed by atoms with Crippen LogP contribution in [-0.4, -0.2) is 71.3 Å². The minimum Gasteiger partial charge on any atom is -0.497 e. The van der Waals surface area contributed by atoms with Crippen LogP contribution in [0.1, 0.15) is 0 Å². The average molecular weight is 403 g/mol. The largest absolute Gasteiger partial charge is 0.497 e. The van der Waals surface area contributed by atoms with Crippen LogP contribution in [-0.2, 0) is 23.8 Å². The first-order chi connectivity index (χ1) is 12.8. The number of hydrogen-bond donors (Lipinski definition) is 1. The zero-order valence-corrected chi connectivity index (χ0v) is 15.8. The monoisotopic (exact) mass is 403 g/mol. The second-order valence-corrected chi connectivity index (χ2v) is 7.45. The first kappa shape index (κ1) is 21.2. The van der Waals surface area contributed by atoms with E-state index in [0.29, 0.717) is 11.5 Å². The van der Waals surface area contributed by atoms with Gasteiger partial charge in [0.1, 0.15) is 35.9 Å². The molecule has 150 valence electrons. The second-order valence-electron chi connectivity index (χ2n) is 5.81. The van der Waals surface area contributed by atoms with Gasteiger partial charge in [0, 0.05) is 12.0 Å². The topological polar surface area (TPSA) is 149 Å². The lowest BCUT2D eigenvalue weighted by Crippen LogP contribution is -2.52. The third-order valence-corrected chi connectivity index (χ3v) is 4.60. The molecule has 0 amide bonds. The summed E-state index contributed by atoms with van der Waals surface area (Å²) in [5.41, 5.74) is 7.19. The Kier molecular flexibility index (Phi) is 6.87. The molecule has 4 atom stereocenters. The van der Waals surface area contributed by atoms with Crippen LogP contribution in [0.2, 0.25) is 0 Å². The molecule has 1 unspecified atom stereocenters. The van der Waals surface area contributed by atoms with Crippen molar-refractivity contribution in [2.45, 2.75) is 24.0 Å². The number of methoxy groups -OCH3 is 2. The Bertz CT molecular complexity index is 781. The molecular weight excluding hydrogens is 382 g/mol. The van der Waals surface area contributed by atoms with Gasteiger partial charge in [0.05, 0.1) is 20.0 Å². The van der Waals surface area contributed by atoms with Crippen LogP contribution in [0.25, 0.3) is 10.4 Å². The summed E-state index contributed by atoms with van der Waals surface area (Å²) in [7, 11) is -1.04. The summed E-state index contributed by atoms with van der Waals surface area (Å²) >= 11 is 0. The lowest BCUT2D eigenvalue weighted by atomic mass is 9.90. The standard InChI is InChI=1S/C15H21N3O8S/c1-22-10-4-6-11(7-5-10)24-8-12-15(17-18-16,9-25-27(3,20)21)13(19)14(23-2)26-12/h4-7,12-14,19H,8-9H2,1-3H3/t12-,13-,14?,15-/m1/s1. The fourth-order valence-electron chi connectivity index (χ4n) is 2.61. The maximum atomic E-state index is 11.4. The van der Waals surface area contributed by atoms with Crippen molar-refractivity contribution in [2.24, 2.45) is 5.11 Å². The SMILES string of the molecule is COc1ccc(OC[C@H]2OC(OC)[C@@H](O)[C@]2(COS(C)(=O)=O)N=[N+]=[N-])cc1. The van der Waals surface area contributed by atoms with Gasteiger partial charge in [-0.3, -0.25) is 4.18 Å². The molecule has 1 heterocycles. The van der Waals surface area contributed by atoms with Crippen molar-refractivity contribution in [1.29, 1.82) is 0 Å². The third-order valence-electron chi connectivity index (χ3n) is 4.05. The molecule has 0 aliphatic carbocycles. The highest BCUT2D eigenvalue weighted by atomic mass is 32.2. The molecule has 0 spiro atoms. The Morgan fingerprint density at radius 2 is 1.93 bits per heavy atom. The van der Waals surface area contributed by atoms with E-state index in [4.69, 9.17) is 28.7 Å². The van der Waals surface area contributed by atoms with Gasteiger partial charge in [0.25, 0.3) is 10.1 Å². The molecule has 1 aromatic rings. The predicted molar refractivity (Wildman–Crippen MR) is 92.8 cm³/mol. The van der Waals surface area contributed by atoms with Crippen LogP contribution >= 0.6 is 0 Å². The number of azide groups is 1. The van der Waals surface area contributed by atoms with E-state index in [9.17, 15) is 13.5 Å². The molecule has 0 radical (unpaired) electrons. The van der Waals surface area contributed by atoms with Crippen molar-refractivity contribution in [3.05, 3.63) is 34.7 Å². The second kappa shape index (κ2) is 8.74. The highest BCUT2D eigenvalue weighted by Crippen LogP contribution is 2.36. The van der Waals surface area contributed by atoms with Crippen LogP contribution in [0.5, 0.6) is 11.5 Å². The van der Waals surface area contributed by atoms with E-state index in [-0.39, 0.29) is 6.61 Å². The summed E-state index contributed by atoms with van der Waals surface area (Å²) in [5.74, 6) is 1.10. The Hall–Kier alpha value is -2.08. The number of aliphatic hydroxyl groups excluding tert-OH is 1. The summed E-state index contributed by atoms with van der Waals surface area (Å²) in [6.07, 6.45) is -2.81. The molecule has 0 aromatic heterocycles. The molecule has 1 aliphatic rings. The van der Waals surface area contributed by atoms with Crippen molar-refractivity contribution >= 4 is 10.1 Å². The first-order valence-electron chi connectivity index (χ1n) is 7.79. The molecule has 11 nitrogen and oxygen atoms in total. The minimum absolute atomic E-state index is 0.157. The maximum absolute atomic E-state index is 11.4. The predicted octanol–water partition coefficient (Wildman–Crippen LogP) is 0.832. The number of benzene rings is 1. The summed E-state index contributed by atoms with van der Waals surface area (Å²) in [4.78, 5) is 2.72. The molecule has 0 bridgehead atoms. The van der Waals surface area contributed by atoms with E-state index in [1.807, 2.05) is 0 Å². The lowest BCUT2D eigenvalue weighted by molar-refractivity contribution is -0.152. The Morgan fingerprint density at radius 1 is 1.30 bits per heavy atom. The molecule has 27 heavy (non-hydrogen) atoms. The number of nitrogens with zero attached hydrogens (tertiary/aromatic N) is 3. The molecule has 1 aromatic carbocycles. The summed E-state index contributed by atoms with van der Waals surface area (Å²) in [6.45, 7) is -0.789. The Labute approximate surface area is 156 Å². The van der Waals surface area contributed by atoms with Crippen molar-refractivity contribution in [3.8, 4) is 11.5 Å². The van der Waals surface area contributed by atoms with Gasteiger partial charge in [-0.15, -0.1) is 0 Å². The first-order valence-corrected chi connectivity index (χ1v) is 9.61. The van der Waals surface area contributed by atoms with Gasteiger partial charge in [0.15, 0.2) is 6.29 Å². The van der Waals surface area contributed by atoms with Crippen LogP contribution in [0.3, 0.4) is 0 Å². The van der Waals surface area contributed by atoms with E-state index >= 15 is 0 Å². The van der Waals surface area contributed by atoms with Gasteiger partial charge in [-0.05, 0) is 29.8 Å². The van der Waals surface area contributed by atoms with Crippen LogP contribution in [0.15, 0.2) is 29.4 Å². The fraction of sp³-hybridized carbons (Fsp3) is 0.600. The molecule has 1 N–H and O–H groups in total. The number of ether oxygens (including phenoxy) is 4. The minimum atomic E-state index is -3.86. The zero-order chi connectivity index (χ0) is 20.1. The quantitative estimate of drug-likeness (QED) is 0.276. The summed E-state index contributed by atoms with van der Waals surface area (Å²) < 4.78 is 48.8. The molecular formula is C15H21N3O8S. The van der Waals surface area contributed by atoms with Gasteiger partial charge < -0.3 is 24.1 Å². The van der Waals surface area contributed by atoms with Crippen molar-refractivity contribution in [1.82, 2.24) is 0 Å². The van der Waals surface area contributed by atoms with E-state index in [0.717, 1.165) is 6.26 Å². The fourth-order valence-corrected chi connectivity index (χ4v) is 3.01. The number of rotatable bonds is 9. The normalized spacial score (nSPS) is 27.8. The third kappa shape index (κ3) is 5.01. The van der Waals surface area contributed by atoms with E-state index < -0.39 is 40.8 Å². The Balaban J connectivity index is 2.23. The van der Waals surface area contributed by atoms with E-state index in [1.165, 1.54) is 14.2 Å². The number of aliphatic hydroxyl groups is 1. The van der Waals surface area contributed by atoms with Gasteiger partial charge in [-0.1, -0.05) is 5.11 Å². The van der Waals surface area contributed by atoms with Gasteiger partial charge in [0.2, 0.25) is 0 Å². The average Bonchev–Trinajstić information content (AvgIpc) is 2.90. The molecule has 1 fully saturated rings. The highest BCUT2D eigenvalue weighted by Gasteiger charge is 2.57. The van der Waals surface area contributed by atoms with Crippen molar-refractivity contribution in [3.63, 3.8) is 0 Å². The van der Waals surface area contributed by atoms with Gasteiger partial charge >= 0.3 is 0 Å². The van der Waals surface area contributed by atoms with Crippen LogP contribution in [0, 0.1) is 0 Å². The Morgan fingerprint density at radius 3 is 2.44 bits per heavy atom. The van der Waals surface area contributed by atoms with Crippen LogP contribution < -0.4 is 9.47 Å². The highest BCUT2D eigenvalue weighted by molar-refractivity contribution is 7.85. The molecule has 0 saturated carbocycles. The number of hydrogen-bond acceptors (Lipinski definition) is 9. The zero-order valence-electron chi connectivity index (χ0n) is 15.0. The van der Waals surface area contributed by atoms with E-state index in [2.05, 4.69) is 10.0 Å². The molecule has 1 saturated heterocycles. The molecule has 1 aliphatic heterocycles. The van der Waals surface area contributed by atoms with E-state index in [1.54, 1.807) is 24.3 Å². The summed E-state index contributed by atoms with van der Waals surface area (Å²) in [6, 6.07) is 6.68. The van der Waals surface area contributed by atoms with Crippen LogP contribution in [0.4, 0.5) is 0 Å². The molecule has 12 heteroatoms. The van der Waals surface area contributed by atoms with Gasteiger partial charge in [-0.2, -0.15) is 8.42 Å². The summed E-state index contributed by atoms with van der Waals surface area (Å²) in [5, 5.41) is 14.1. The smallest absolute Gasteiger partial charge is 0.264 e. The van der Waals surface area contributed by atoms with Crippen molar-refractivity contribution < 1.29 is 36.7 Å². The lowest BCUT2D eigenvalue weighted by Gasteiger charge is -2.30.